The average Bonchev–Trinajstić information content (AvgIpc) is 2.25. The monoisotopic (exact) mass is 216 g/mol. The second-order valence-electron chi connectivity index (χ2n) is 4.53. The summed E-state index contributed by atoms with van der Waals surface area (Å²) in [6.45, 7) is 10.5. The average molecular weight is 216 g/mol. The predicted octanol–water partition coefficient (Wildman–Crippen LogP) is 4.29. The van der Waals surface area contributed by atoms with E-state index in [1.54, 1.807) is 6.92 Å². The molecule has 0 amide bonds. The Hall–Kier alpha value is -1.42. The lowest BCUT2D eigenvalue weighted by molar-refractivity contribution is 0.496. The van der Waals surface area contributed by atoms with Crippen LogP contribution in [0.5, 0.6) is 5.75 Å². The van der Waals surface area contributed by atoms with Gasteiger partial charge in [0.1, 0.15) is 11.9 Å². The van der Waals surface area contributed by atoms with Gasteiger partial charge in [0.05, 0.1) is 0 Å². The molecule has 1 aromatic carbocycles. The summed E-state index contributed by atoms with van der Waals surface area (Å²) in [5.74, 6) is 4.62. The summed E-state index contributed by atoms with van der Waals surface area (Å²) in [5.41, 5.74) is 2.46. The second kappa shape index (κ2) is 5.61. The van der Waals surface area contributed by atoms with Crippen molar-refractivity contribution >= 4 is 0 Å². The smallest absolute Gasteiger partial charge is 0.147 e. The third kappa shape index (κ3) is 2.79. The molecule has 0 saturated carbocycles. The zero-order valence-electron chi connectivity index (χ0n) is 10.8. The van der Waals surface area contributed by atoms with Gasteiger partial charge in [-0.05, 0) is 23.0 Å². The molecule has 0 fully saturated rings. The molecule has 86 valence electrons. The Bertz CT molecular complexity index is 379. The van der Waals surface area contributed by atoms with Gasteiger partial charge in [-0.1, -0.05) is 51.8 Å². The molecule has 0 unspecified atom stereocenters. The van der Waals surface area contributed by atoms with E-state index in [-0.39, 0.29) is 0 Å². The van der Waals surface area contributed by atoms with Crippen LogP contribution in [0, 0.1) is 12.0 Å². The van der Waals surface area contributed by atoms with Crippen LogP contribution in [-0.2, 0) is 0 Å². The van der Waals surface area contributed by atoms with Crippen molar-refractivity contribution in [3.8, 4) is 17.8 Å². The third-order valence-electron chi connectivity index (χ3n) is 2.58. The van der Waals surface area contributed by atoms with Crippen LogP contribution >= 0.6 is 0 Å². The fraction of sp³-hybridized carbons (Fsp3) is 0.467. The Balaban J connectivity index is 3.26. The van der Waals surface area contributed by atoms with Crippen molar-refractivity contribution < 1.29 is 4.74 Å². The van der Waals surface area contributed by atoms with E-state index in [4.69, 9.17) is 4.74 Å². The van der Waals surface area contributed by atoms with Crippen molar-refractivity contribution in [2.75, 3.05) is 0 Å². The lowest BCUT2D eigenvalue weighted by Crippen LogP contribution is -2.00. The van der Waals surface area contributed by atoms with Gasteiger partial charge in [-0.3, -0.25) is 0 Å². The van der Waals surface area contributed by atoms with Crippen LogP contribution in [0.15, 0.2) is 18.2 Å². The molecular formula is C15H20O. The summed E-state index contributed by atoms with van der Waals surface area (Å²) < 4.78 is 5.58. The standard InChI is InChI=1S/C15H20O/c1-6-10-16-15-13(11(2)3)8-7-9-14(15)12(4)5/h7-9,11-12H,1-5H3. The molecule has 1 aromatic rings. The number of hydrogen-bond acceptors (Lipinski definition) is 1. The van der Waals surface area contributed by atoms with Gasteiger partial charge in [-0.25, -0.2) is 0 Å². The maximum Gasteiger partial charge on any atom is 0.147 e. The normalized spacial score (nSPS) is 10.2. The molecule has 0 spiro atoms. The predicted molar refractivity (Wildman–Crippen MR) is 68.7 cm³/mol. The first-order chi connectivity index (χ1) is 7.57. The van der Waals surface area contributed by atoms with Gasteiger partial charge in [0.15, 0.2) is 0 Å². The largest absolute Gasteiger partial charge is 0.407 e. The third-order valence-corrected chi connectivity index (χ3v) is 2.58. The molecule has 16 heavy (non-hydrogen) atoms. The number of para-hydroxylation sites is 1. The number of benzene rings is 1. The van der Waals surface area contributed by atoms with Gasteiger partial charge in [0, 0.05) is 6.92 Å². The van der Waals surface area contributed by atoms with Crippen LogP contribution in [0.3, 0.4) is 0 Å². The van der Waals surface area contributed by atoms with Crippen LogP contribution < -0.4 is 4.74 Å². The van der Waals surface area contributed by atoms with E-state index in [0.29, 0.717) is 11.8 Å². The lowest BCUT2D eigenvalue weighted by Gasteiger charge is -2.16. The van der Waals surface area contributed by atoms with Crippen molar-refractivity contribution in [1.82, 2.24) is 0 Å². The molecule has 0 heterocycles. The Kier molecular flexibility index (Phi) is 4.43. The molecule has 0 aromatic heterocycles. The first-order valence-corrected chi connectivity index (χ1v) is 5.79. The van der Waals surface area contributed by atoms with Crippen molar-refractivity contribution in [3.05, 3.63) is 29.3 Å². The maximum atomic E-state index is 5.58. The minimum absolute atomic E-state index is 0.451. The van der Waals surface area contributed by atoms with Crippen LogP contribution in [0.4, 0.5) is 0 Å². The van der Waals surface area contributed by atoms with Gasteiger partial charge in [-0.15, -0.1) is 0 Å². The summed E-state index contributed by atoms with van der Waals surface area (Å²) in [4.78, 5) is 0. The van der Waals surface area contributed by atoms with E-state index >= 15 is 0 Å². The molecule has 0 atom stereocenters. The summed E-state index contributed by atoms with van der Waals surface area (Å²) in [7, 11) is 0. The number of hydrogen-bond donors (Lipinski definition) is 0. The molecule has 0 aliphatic carbocycles. The zero-order chi connectivity index (χ0) is 12.1. The highest BCUT2D eigenvalue weighted by Crippen LogP contribution is 2.34. The topological polar surface area (TPSA) is 9.23 Å². The summed E-state index contributed by atoms with van der Waals surface area (Å²) >= 11 is 0. The SMILES string of the molecule is CC#COc1c(C(C)C)cccc1C(C)C. The molecule has 1 heteroatoms. The minimum Gasteiger partial charge on any atom is -0.407 e. The fourth-order valence-electron chi connectivity index (χ4n) is 1.70. The highest BCUT2D eigenvalue weighted by Gasteiger charge is 2.14. The van der Waals surface area contributed by atoms with Crippen molar-refractivity contribution in [2.24, 2.45) is 0 Å². The highest BCUT2D eigenvalue weighted by atomic mass is 16.5. The molecule has 0 bridgehead atoms. The Morgan fingerprint density at radius 3 is 1.88 bits per heavy atom. The maximum absolute atomic E-state index is 5.58. The summed E-state index contributed by atoms with van der Waals surface area (Å²) in [6, 6.07) is 6.32. The molecule has 0 aliphatic rings. The van der Waals surface area contributed by atoms with Crippen molar-refractivity contribution in [3.63, 3.8) is 0 Å². The molecule has 0 saturated heterocycles. The Morgan fingerprint density at radius 2 is 1.50 bits per heavy atom. The van der Waals surface area contributed by atoms with Crippen molar-refractivity contribution in [2.45, 2.75) is 46.5 Å². The summed E-state index contributed by atoms with van der Waals surface area (Å²) in [5, 5.41) is 0. The molecule has 0 radical (unpaired) electrons. The van der Waals surface area contributed by atoms with Crippen LogP contribution in [-0.4, -0.2) is 0 Å². The zero-order valence-corrected chi connectivity index (χ0v) is 10.8. The number of rotatable bonds is 3. The van der Waals surface area contributed by atoms with Gasteiger partial charge < -0.3 is 4.74 Å². The van der Waals surface area contributed by atoms with E-state index in [1.807, 2.05) is 0 Å². The lowest BCUT2D eigenvalue weighted by atomic mass is 9.94. The van der Waals surface area contributed by atoms with Gasteiger partial charge in [0.25, 0.3) is 0 Å². The first kappa shape index (κ1) is 12.6. The van der Waals surface area contributed by atoms with Gasteiger partial charge in [-0.2, -0.15) is 0 Å². The fourth-order valence-corrected chi connectivity index (χ4v) is 1.70. The van der Waals surface area contributed by atoms with E-state index in [9.17, 15) is 0 Å². The molecule has 0 N–H and O–H groups in total. The van der Waals surface area contributed by atoms with E-state index in [2.05, 4.69) is 57.9 Å². The van der Waals surface area contributed by atoms with Crippen LogP contribution in [0.25, 0.3) is 0 Å². The van der Waals surface area contributed by atoms with Gasteiger partial charge in [0.2, 0.25) is 0 Å². The Morgan fingerprint density at radius 1 is 1.00 bits per heavy atom. The van der Waals surface area contributed by atoms with Crippen LogP contribution in [0.2, 0.25) is 0 Å². The van der Waals surface area contributed by atoms with E-state index in [0.717, 1.165) is 5.75 Å². The Labute approximate surface area is 98.8 Å². The minimum atomic E-state index is 0.451. The molecule has 1 rings (SSSR count). The van der Waals surface area contributed by atoms with Crippen molar-refractivity contribution in [1.29, 1.82) is 0 Å². The van der Waals surface area contributed by atoms with Gasteiger partial charge >= 0.3 is 0 Å². The molecular weight excluding hydrogens is 196 g/mol. The summed E-state index contributed by atoms with van der Waals surface area (Å²) in [6.07, 6.45) is 2.71. The van der Waals surface area contributed by atoms with E-state index < -0.39 is 0 Å². The highest BCUT2D eigenvalue weighted by molar-refractivity contribution is 5.45. The van der Waals surface area contributed by atoms with E-state index in [1.165, 1.54) is 11.1 Å². The number of ether oxygens (including phenoxy) is 1. The quantitative estimate of drug-likeness (QED) is 0.685. The second-order valence-corrected chi connectivity index (χ2v) is 4.53. The molecule has 1 nitrogen and oxygen atoms in total. The molecule has 0 aliphatic heterocycles. The first-order valence-electron chi connectivity index (χ1n) is 5.79. The van der Waals surface area contributed by atoms with Crippen LogP contribution in [0.1, 0.15) is 57.6 Å².